The summed E-state index contributed by atoms with van der Waals surface area (Å²) in [5.74, 6) is -0.747. The average molecular weight is 371 g/mol. The Morgan fingerprint density at radius 1 is 1.20 bits per heavy atom. The predicted octanol–water partition coefficient (Wildman–Crippen LogP) is 4.92. The van der Waals surface area contributed by atoms with Crippen LogP contribution in [0.4, 0.5) is 24.5 Å². The summed E-state index contributed by atoms with van der Waals surface area (Å²) < 4.78 is 38.1. The second kappa shape index (κ2) is 7.35. The number of alkyl halides is 3. The van der Waals surface area contributed by atoms with Gasteiger partial charge in [0.05, 0.1) is 10.5 Å². The van der Waals surface area contributed by atoms with Crippen molar-refractivity contribution in [3.63, 3.8) is 0 Å². The number of anilines is 1. The number of nitro benzene ring substituents is 1. The predicted molar refractivity (Wildman–Crippen MR) is 87.2 cm³/mol. The summed E-state index contributed by atoms with van der Waals surface area (Å²) in [4.78, 5) is 22.1. The monoisotopic (exact) mass is 370 g/mol. The molecule has 0 atom stereocenters. The molecule has 5 nitrogen and oxygen atoms in total. The van der Waals surface area contributed by atoms with Gasteiger partial charge < -0.3 is 5.32 Å². The van der Waals surface area contributed by atoms with Crippen LogP contribution in [-0.2, 0) is 11.0 Å². The number of nitrogens with one attached hydrogen (secondary N) is 1. The van der Waals surface area contributed by atoms with Crippen molar-refractivity contribution in [3.8, 4) is 0 Å². The van der Waals surface area contributed by atoms with Gasteiger partial charge >= 0.3 is 6.18 Å². The smallest absolute Gasteiger partial charge is 0.317 e. The summed E-state index contributed by atoms with van der Waals surface area (Å²) in [5.41, 5.74) is -1.25. The van der Waals surface area contributed by atoms with Crippen LogP contribution < -0.4 is 5.32 Å². The van der Waals surface area contributed by atoms with Crippen molar-refractivity contribution < 1.29 is 22.9 Å². The molecule has 9 heteroatoms. The number of para-hydroxylation sites is 2. The number of carbonyl (C=O) groups excluding carboxylic acids is 1. The first-order chi connectivity index (χ1) is 11.7. The molecule has 0 aliphatic rings. The summed E-state index contributed by atoms with van der Waals surface area (Å²) in [6.45, 7) is 0. The Kier molecular flexibility index (Phi) is 5.43. The number of hydrogen-bond acceptors (Lipinski definition) is 3. The molecule has 0 radical (unpaired) electrons. The van der Waals surface area contributed by atoms with Gasteiger partial charge in [0, 0.05) is 17.2 Å². The van der Waals surface area contributed by atoms with Crippen LogP contribution in [0.1, 0.15) is 11.1 Å². The van der Waals surface area contributed by atoms with E-state index >= 15 is 0 Å². The van der Waals surface area contributed by atoms with Gasteiger partial charge in [0.25, 0.3) is 5.69 Å². The molecule has 0 aromatic heterocycles. The van der Waals surface area contributed by atoms with Crippen LogP contribution in [0.5, 0.6) is 0 Å². The Balaban J connectivity index is 2.20. The summed E-state index contributed by atoms with van der Waals surface area (Å²) in [7, 11) is 0. The average Bonchev–Trinajstić information content (AvgIpc) is 2.53. The lowest BCUT2D eigenvalue weighted by Crippen LogP contribution is -2.09. The SMILES string of the molecule is O=C(/C=C/c1cc(C(F)(F)F)ccc1Cl)Nc1ccccc1[N+](=O)[O-]. The second-order valence-corrected chi connectivity index (χ2v) is 5.24. The fraction of sp³-hybridized carbons (Fsp3) is 0.0625. The van der Waals surface area contributed by atoms with Crippen LogP contribution in [0, 0.1) is 10.1 Å². The van der Waals surface area contributed by atoms with Gasteiger partial charge in [-0.05, 0) is 35.9 Å². The van der Waals surface area contributed by atoms with Crippen molar-refractivity contribution in [1.82, 2.24) is 0 Å². The maximum Gasteiger partial charge on any atom is 0.416 e. The van der Waals surface area contributed by atoms with Crippen LogP contribution in [0.2, 0.25) is 5.02 Å². The zero-order valence-corrected chi connectivity index (χ0v) is 13.1. The number of amides is 1. The Labute approximate surface area is 144 Å². The zero-order valence-electron chi connectivity index (χ0n) is 12.4. The first-order valence-electron chi connectivity index (χ1n) is 6.77. The molecule has 1 N–H and O–H groups in total. The van der Waals surface area contributed by atoms with E-state index in [1.165, 1.54) is 24.3 Å². The van der Waals surface area contributed by atoms with Crippen molar-refractivity contribution in [1.29, 1.82) is 0 Å². The minimum Gasteiger partial charge on any atom is -0.317 e. The Bertz CT molecular complexity index is 851. The van der Waals surface area contributed by atoms with Crippen molar-refractivity contribution in [2.75, 3.05) is 5.32 Å². The standard InChI is InChI=1S/C16H10ClF3N2O3/c17-12-7-6-11(16(18,19)20)9-10(12)5-8-15(23)21-13-3-1-2-4-14(13)22(24)25/h1-9H,(H,21,23)/b8-5+. The van der Waals surface area contributed by atoms with Gasteiger partial charge in [-0.2, -0.15) is 13.2 Å². The molecule has 0 aliphatic heterocycles. The first-order valence-corrected chi connectivity index (χ1v) is 7.15. The van der Waals surface area contributed by atoms with Crippen LogP contribution in [-0.4, -0.2) is 10.8 Å². The molecule has 130 valence electrons. The van der Waals surface area contributed by atoms with E-state index in [2.05, 4.69) is 5.32 Å². The topological polar surface area (TPSA) is 72.2 Å². The number of nitrogens with zero attached hydrogens (tertiary/aromatic N) is 1. The van der Waals surface area contributed by atoms with E-state index in [0.717, 1.165) is 30.4 Å². The van der Waals surface area contributed by atoms with Crippen LogP contribution in [0.15, 0.2) is 48.5 Å². The molecule has 1 amide bonds. The van der Waals surface area contributed by atoms with Crippen LogP contribution in [0.3, 0.4) is 0 Å². The number of nitro groups is 1. The van der Waals surface area contributed by atoms with Gasteiger partial charge in [0.2, 0.25) is 5.91 Å². The molecule has 25 heavy (non-hydrogen) atoms. The molecule has 0 fully saturated rings. The lowest BCUT2D eigenvalue weighted by molar-refractivity contribution is -0.383. The highest BCUT2D eigenvalue weighted by molar-refractivity contribution is 6.32. The fourth-order valence-electron chi connectivity index (χ4n) is 1.93. The van der Waals surface area contributed by atoms with E-state index in [1.54, 1.807) is 0 Å². The van der Waals surface area contributed by atoms with Gasteiger partial charge in [-0.1, -0.05) is 23.7 Å². The van der Waals surface area contributed by atoms with Gasteiger partial charge in [0.1, 0.15) is 5.69 Å². The Hall–Kier alpha value is -2.87. The third-order valence-electron chi connectivity index (χ3n) is 3.10. The van der Waals surface area contributed by atoms with Crippen molar-refractivity contribution in [3.05, 3.63) is 74.8 Å². The van der Waals surface area contributed by atoms with E-state index < -0.39 is 22.6 Å². The molecular formula is C16H10ClF3N2O3. The number of halogens is 4. The fourth-order valence-corrected chi connectivity index (χ4v) is 2.11. The lowest BCUT2D eigenvalue weighted by atomic mass is 10.1. The van der Waals surface area contributed by atoms with Crippen LogP contribution >= 0.6 is 11.6 Å². The minimum absolute atomic E-state index is 0.00537. The summed E-state index contributed by atoms with van der Waals surface area (Å²) >= 11 is 5.82. The number of benzene rings is 2. The van der Waals surface area contributed by atoms with Crippen molar-refractivity contribution >= 4 is 35.0 Å². The quantitative estimate of drug-likeness (QED) is 0.471. The zero-order chi connectivity index (χ0) is 18.6. The molecule has 0 saturated heterocycles. The van der Waals surface area contributed by atoms with Gasteiger partial charge in [0.15, 0.2) is 0 Å². The molecule has 2 aromatic carbocycles. The lowest BCUT2D eigenvalue weighted by Gasteiger charge is -2.08. The molecule has 2 aromatic rings. The third-order valence-corrected chi connectivity index (χ3v) is 3.44. The molecule has 0 aliphatic carbocycles. The molecule has 0 saturated carbocycles. The van der Waals surface area contributed by atoms with E-state index in [1.807, 2.05) is 0 Å². The van der Waals surface area contributed by atoms with E-state index in [0.29, 0.717) is 0 Å². The third kappa shape index (κ3) is 4.80. The van der Waals surface area contributed by atoms with E-state index in [4.69, 9.17) is 11.6 Å². The molecule has 0 heterocycles. The Morgan fingerprint density at radius 2 is 1.88 bits per heavy atom. The highest BCUT2D eigenvalue weighted by atomic mass is 35.5. The second-order valence-electron chi connectivity index (χ2n) is 4.83. The number of carbonyl (C=O) groups is 1. The van der Waals surface area contributed by atoms with E-state index in [-0.39, 0.29) is 22.0 Å². The molecule has 0 spiro atoms. The first kappa shape index (κ1) is 18.5. The van der Waals surface area contributed by atoms with Crippen molar-refractivity contribution in [2.24, 2.45) is 0 Å². The highest BCUT2D eigenvalue weighted by Crippen LogP contribution is 2.32. The van der Waals surface area contributed by atoms with Crippen LogP contribution in [0.25, 0.3) is 6.08 Å². The maximum absolute atomic E-state index is 12.7. The van der Waals surface area contributed by atoms with Gasteiger partial charge in [-0.3, -0.25) is 14.9 Å². The number of hydrogen-bond donors (Lipinski definition) is 1. The van der Waals surface area contributed by atoms with Gasteiger partial charge in [-0.25, -0.2) is 0 Å². The minimum atomic E-state index is -4.54. The van der Waals surface area contributed by atoms with Gasteiger partial charge in [-0.15, -0.1) is 0 Å². The largest absolute Gasteiger partial charge is 0.416 e. The molecular weight excluding hydrogens is 361 g/mol. The molecule has 0 bridgehead atoms. The number of rotatable bonds is 4. The molecule has 2 rings (SSSR count). The summed E-state index contributed by atoms with van der Waals surface area (Å²) in [6, 6.07) is 8.18. The normalized spacial score (nSPS) is 11.5. The van der Waals surface area contributed by atoms with Crippen molar-refractivity contribution in [2.45, 2.75) is 6.18 Å². The maximum atomic E-state index is 12.7. The summed E-state index contributed by atoms with van der Waals surface area (Å²) in [6.07, 6.45) is -2.50. The van der Waals surface area contributed by atoms with E-state index in [9.17, 15) is 28.1 Å². The molecule has 0 unspecified atom stereocenters. The summed E-state index contributed by atoms with van der Waals surface area (Å²) in [5, 5.41) is 13.2. The highest BCUT2D eigenvalue weighted by Gasteiger charge is 2.30. The Morgan fingerprint density at radius 3 is 2.52 bits per heavy atom.